The molecule has 0 amide bonds. The van der Waals surface area contributed by atoms with E-state index in [0.29, 0.717) is 11.2 Å². The highest BCUT2D eigenvalue weighted by Gasteiger charge is 2.33. The summed E-state index contributed by atoms with van der Waals surface area (Å²) in [6.45, 7) is 8.64. The van der Waals surface area contributed by atoms with Gasteiger partial charge in [-0.05, 0) is 44.6 Å². The summed E-state index contributed by atoms with van der Waals surface area (Å²) in [5.41, 5.74) is 8.38. The van der Waals surface area contributed by atoms with Gasteiger partial charge in [0.05, 0.1) is 0 Å². The maximum absolute atomic E-state index is 6.31. The first-order valence-electron chi connectivity index (χ1n) is 6.70. The van der Waals surface area contributed by atoms with Gasteiger partial charge in [0.2, 0.25) is 0 Å². The Labute approximate surface area is 114 Å². The van der Waals surface area contributed by atoms with Crippen molar-refractivity contribution in [1.82, 2.24) is 9.97 Å². The standard InChI is InChI=1S/C14H23N3S/c1-8-5-9(2)13(12(15)6-8)18-14-16-10(3)7-11(4)17-14/h7-9,12-13H,5-6,15H2,1-4H3. The van der Waals surface area contributed by atoms with Crippen LogP contribution >= 0.6 is 11.8 Å². The Hall–Kier alpha value is -0.610. The number of nitrogens with two attached hydrogens (primary N) is 1. The second-order valence-corrected chi connectivity index (χ2v) is 6.88. The molecule has 0 aromatic carbocycles. The molecule has 1 aliphatic carbocycles. The molecule has 0 spiro atoms. The van der Waals surface area contributed by atoms with Gasteiger partial charge in [0.25, 0.3) is 0 Å². The lowest BCUT2D eigenvalue weighted by Crippen LogP contribution is -2.43. The fourth-order valence-electron chi connectivity index (χ4n) is 2.96. The van der Waals surface area contributed by atoms with Crippen LogP contribution in [-0.2, 0) is 0 Å². The van der Waals surface area contributed by atoms with Crippen LogP contribution in [0.5, 0.6) is 0 Å². The van der Waals surface area contributed by atoms with Gasteiger partial charge in [0.1, 0.15) is 0 Å². The molecule has 3 nitrogen and oxygen atoms in total. The lowest BCUT2D eigenvalue weighted by Gasteiger charge is -2.36. The van der Waals surface area contributed by atoms with E-state index in [0.717, 1.165) is 28.9 Å². The van der Waals surface area contributed by atoms with Gasteiger partial charge < -0.3 is 5.73 Å². The van der Waals surface area contributed by atoms with Crippen LogP contribution in [0, 0.1) is 25.7 Å². The normalized spacial score (nSPS) is 32.5. The fraction of sp³-hybridized carbons (Fsp3) is 0.714. The first-order valence-corrected chi connectivity index (χ1v) is 7.58. The van der Waals surface area contributed by atoms with Crippen molar-refractivity contribution in [3.8, 4) is 0 Å². The molecule has 0 aliphatic heterocycles. The quantitative estimate of drug-likeness (QED) is 0.835. The van der Waals surface area contributed by atoms with Crippen molar-refractivity contribution in [3.63, 3.8) is 0 Å². The second kappa shape index (κ2) is 5.57. The third kappa shape index (κ3) is 3.23. The van der Waals surface area contributed by atoms with E-state index in [1.165, 1.54) is 6.42 Å². The predicted octanol–water partition coefficient (Wildman–Crippen LogP) is 2.95. The van der Waals surface area contributed by atoms with Gasteiger partial charge in [-0.3, -0.25) is 0 Å². The number of rotatable bonds is 2. The van der Waals surface area contributed by atoms with Crippen molar-refractivity contribution < 1.29 is 0 Å². The van der Waals surface area contributed by atoms with Crippen molar-refractivity contribution in [2.45, 2.75) is 57.0 Å². The molecule has 0 radical (unpaired) electrons. The Morgan fingerprint density at radius 3 is 2.33 bits per heavy atom. The lowest BCUT2D eigenvalue weighted by molar-refractivity contribution is 0.279. The highest BCUT2D eigenvalue weighted by molar-refractivity contribution is 7.99. The van der Waals surface area contributed by atoms with Crippen LogP contribution in [0.3, 0.4) is 0 Å². The predicted molar refractivity (Wildman–Crippen MR) is 76.7 cm³/mol. The number of thioether (sulfide) groups is 1. The van der Waals surface area contributed by atoms with Gasteiger partial charge in [0, 0.05) is 22.7 Å². The van der Waals surface area contributed by atoms with E-state index in [9.17, 15) is 0 Å². The zero-order valence-electron chi connectivity index (χ0n) is 11.7. The zero-order chi connectivity index (χ0) is 13.3. The second-order valence-electron chi connectivity index (χ2n) is 5.73. The third-order valence-electron chi connectivity index (χ3n) is 3.63. The molecule has 1 aliphatic rings. The van der Waals surface area contributed by atoms with Crippen molar-refractivity contribution >= 4 is 11.8 Å². The minimum atomic E-state index is 0.262. The molecule has 18 heavy (non-hydrogen) atoms. The number of aryl methyl sites for hydroxylation is 2. The Kier molecular flexibility index (Phi) is 4.28. The first kappa shape index (κ1) is 13.8. The average Bonchev–Trinajstić information content (AvgIpc) is 2.22. The summed E-state index contributed by atoms with van der Waals surface area (Å²) in [6, 6.07) is 2.27. The van der Waals surface area contributed by atoms with Gasteiger partial charge in [-0.1, -0.05) is 25.6 Å². The van der Waals surface area contributed by atoms with Gasteiger partial charge in [-0.25, -0.2) is 9.97 Å². The molecule has 1 fully saturated rings. The molecule has 4 unspecified atom stereocenters. The summed E-state index contributed by atoms with van der Waals surface area (Å²) >= 11 is 1.76. The van der Waals surface area contributed by atoms with E-state index in [-0.39, 0.29) is 6.04 Å². The van der Waals surface area contributed by atoms with E-state index in [2.05, 4.69) is 23.8 Å². The number of hydrogen-bond acceptors (Lipinski definition) is 4. The monoisotopic (exact) mass is 265 g/mol. The molecule has 0 saturated heterocycles. The highest BCUT2D eigenvalue weighted by atomic mass is 32.2. The molecule has 0 bridgehead atoms. The van der Waals surface area contributed by atoms with Crippen molar-refractivity contribution in [2.75, 3.05) is 0 Å². The van der Waals surface area contributed by atoms with E-state index in [1.54, 1.807) is 11.8 Å². The molecule has 4 heteroatoms. The van der Waals surface area contributed by atoms with E-state index >= 15 is 0 Å². The molecule has 100 valence electrons. The summed E-state index contributed by atoms with van der Waals surface area (Å²) in [7, 11) is 0. The van der Waals surface area contributed by atoms with Crippen LogP contribution in [0.2, 0.25) is 0 Å². The Morgan fingerprint density at radius 1 is 1.17 bits per heavy atom. The van der Waals surface area contributed by atoms with E-state index < -0.39 is 0 Å². The molecule has 1 heterocycles. The smallest absolute Gasteiger partial charge is 0.188 e. The summed E-state index contributed by atoms with van der Waals surface area (Å²) in [6.07, 6.45) is 2.38. The van der Waals surface area contributed by atoms with Crippen LogP contribution in [0.4, 0.5) is 0 Å². The minimum Gasteiger partial charge on any atom is -0.327 e. The minimum absolute atomic E-state index is 0.262. The number of nitrogens with zero attached hydrogens (tertiary/aromatic N) is 2. The summed E-state index contributed by atoms with van der Waals surface area (Å²) in [5.74, 6) is 1.38. The molecule has 1 saturated carbocycles. The SMILES string of the molecule is Cc1cc(C)nc(SC2C(C)CC(C)CC2N)n1. The molecule has 4 atom stereocenters. The highest BCUT2D eigenvalue weighted by Crippen LogP contribution is 2.37. The summed E-state index contributed by atoms with van der Waals surface area (Å²) in [4.78, 5) is 9.02. The van der Waals surface area contributed by atoms with E-state index in [1.807, 2.05) is 19.9 Å². The van der Waals surface area contributed by atoms with Crippen LogP contribution in [0.15, 0.2) is 11.2 Å². The lowest BCUT2D eigenvalue weighted by atomic mass is 9.80. The molecular weight excluding hydrogens is 242 g/mol. The number of hydrogen-bond donors (Lipinski definition) is 1. The fourth-order valence-corrected chi connectivity index (χ4v) is 4.22. The topological polar surface area (TPSA) is 51.8 Å². The first-order chi connectivity index (χ1) is 8.45. The number of aromatic nitrogens is 2. The van der Waals surface area contributed by atoms with Crippen molar-refractivity contribution in [1.29, 1.82) is 0 Å². The van der Waals surface area contributed by atoms with Crippen LogP contribution in [-0.4, -0.2) is 21.3 Å². The molecule has 1 aromatic heterocycles. The van der Waals surface area contributed by atoms with Crippen LogP contribution < -0.4 is 5.73 Å². The van der Waals surface area contributed by atoms with Crippen molar-refractivity contribution in [2.24, 2.45) is 17.6 Å². The molecule has 2 N–H and O–H groups in total. The van der Waals surface area contributed by atoms with E-state index in [4.69, 9.17) is 5.73 Å². The Balaban J connectivity index is 2.12. The third-order valence-corrected chi connectivity index (χ3v) is 5.11. The largest absolute Gasteiger partial charge is 0.327 e. The van der Waals surface area contributed by atoms with Crippen molar-refractivity contribution in [3.05, 3.63) is 17.5 Å². The van der Waals surface area contributed by atoms with Gasteiger partial charge in [-0.2, -0.15) is 0 Å². The van der Waals surface area contributed by atoms with Crippen LogP contribution in [0.1, 0.15) is 38.1 Å². The molecular formula is C14H23N3S. The van der Waals surface area contributed by atoms with Gasteiger partial charge in [0.15, 0.2) is 5.16 Å². The Morgan fingerprint density at radius 2 is 1.78 bits per heavy atom. The summed E-state index contributed by atoms with van der Waals surface area (Å²) in [5, 5.41) is 1.33. The molecule has 2 rings (SSSR count). The maximum Gasteiger partial charge on any atom is 0.188 e. The Bertz CT molecular complexity index is 389. The average molecular weight is 265 g/mol. The molecule has 1 aromatic rings. The zero-order valence-corrected chi connectivity index (χ0v) is 12.5. The summed E-state index contributed by atoms with van der Waals surface area (Å²) < 4.78 is 0. The van der Waals surface area contributed by atoms with Crippen LogP contribution in [0.25, 0.3) is 0 Å². The maximum atomic E-state index is 6.31. The van der Waals surface area contributed by atoms with Gasteiger partial charge in [-0.15, -0.1) is 0 Å². The van der Waals surface area contributed by atoms with Gasteiger partial charge >= 0.3 is 0 Å².